The summed E-state index contributed by atoms with van der Waals surface area (Å²) in [5, 5.41) is 0. The highest BCUT2D eigenvalue weighted by Crippen LogP contribution is 2.31. The summed E-state index contributed by atoms with van der Waals surface area (Å²) in [6, 6.07) is 2.41. The smallest absolute Gasteiger partial charge is 0.117 e. The average molecular weight is 246 g/mol. The second-order valence-electron chi connectivity index (χ2n) is 5.77. The van der Waals surface area contributed by atoms with Gasteiger partial charge in [-0.2, -0.15) is 0 Å². The first-order valence-electron chi connectivity index (χ1n) is 6.43. The molecule has 0 aliphatic rings. The van der Waals surface area contributed by atoms with Gasteiger partial charge in [0.1, 0.15) is 11.3 Å². The third kappa shape index (κ3) is 1.90. The lowest BCUT2D eigenvalue weighted by Gasteiger charge is -2.30. The number of imidazole rings is 1. The highest BCUT2D eigenvalue weighted by Gasteiger charge is 2.32. The molecule has 0 spiro atoms. The van der Waals surface area contributed by atoms with E-state index in [0.717, 1.165) is 16.9 Å². The Labute approximate surface area is 108 Å². The molecule has 2 heterocycles. The van der Waals surface area contributed by atoms with E-state index >= 15 is 0 Å². The van der Waals surface area contributed by atoms with Crippen LogP contribution in [0.15, 0.2) is 18.5 Å². The minimum absolute atomic E-state index is 0.0415. The molecule has 4 nitrogen and oxygen atoms in total. The van der Waals surface area contributed by atoms with Crippen molar-refractivity contribution in [3.63, 3.8) is 0 Å². The van der Waals surface area contributed by atoms with Crippen LogP contribution in [-0.4, -0.2) is 20.6 Å². The summed E-state index contributed by atoms with van der Waals surface area (Å²) < 4.78 is 2.26. The van der Waals surface area contributed by atoms with Crippen LogP contribution in [0.4, 0.5) is 0 Å². The maximum atomic E-state index is 6.12. The van der Waals surface area contributed by atoms with E-state index in [1.54, 1.807) is 0 Å². The van der Waals surface area contributed by atoms with Crippen LogP contribution in [-0.2, 0) is 5.41 Å². The first-order valence-corrected chi connectivity index (χ1v) is 6.43. The van der Waals surface area contributed by atoms with Crippen LogP contribution in [0.25, 0.3) is 11.0 Å². The normalized spacial score (nSPS) is 14.4. The number of hydrogen-bond acceptors (Lipinski definition) is 3. The first kappa shape index (κ1) is 13.0. The van der Waals surface area contributed by atoms with Gasteiger partial charge in [-0.25, -0.2) is 4.98 Å². The summed E-state index contributed by atoms with van der Waals surface area (Å²) in [6.45, 7) is 10.7. The van der Waals surface area contributed by atoms with Gasteiger partial charge in [0.15, 0.2) is 0 Å². The Kier molecular flexibility index (Phi) is 3.15. The third-order valence-corrected chi connectivity index (χ3v) is 3.72. The molecule has 1 unspecified atom stereocenters. The molecule has 0 aromatic carbocycles. The van der Waals surface area contributed by atoms with Gasteiger partial charge in [-0.05, 0) is 26.8 Å². The van der Waals surface area contributed by atoms with Crippen molar-refractivity contribution in [2.45, 2.75) is 52.1 Å². The Bertz CT molecular complexity index is 552. The molecule has 0 bridgehead atoms. The second-order valence-corrected chi connectivity index (χ2v) is 5.77. The van der Waals surface area contributed by atoms with Crippen molar-refractivity contribution < 1.29 is 0 Å². The van der Waals surface area contributed by atoms with Crippen molar-refractivity contribution in [1.29, 1.82) is 0 Å². The predicted molar refractivity (Wildman–Crippen MR) is 74.6 cm³/mol. The van der Waals surface area contributed by atoms with E-state index in [2.05, 4.69) is 37.2 Å². The van der Waals surface area contributed by atoms with Crippen molar-refractivity contribution in [1.82, 2.24) is 14.5 Å². The van der Waals surface area contributed by atoms with E-state index in [4.69, 9.17) is 10.7 Å². The molecule has 0 fully saturated rings. The molecule has 2 rings (SSSR count). The summed E-state index contributed by atoms with van der Waals surface area (Å²) in [7, 11) is 0. The molecule has 18 heavy (non-hydrogen) atoms. The van der Waals surface area contributed by atoms with Gasteiger partial charge in [0.25, 0.3) is 0 Å². The zero-order valence-electron chi connectivity index (χ0n) is 11.8. The minimum atomic E-state index is -0.163. The maximum Gasteiger partial charge on any atom is 0.117 e. The Morgan fingerprint density at radius 2 is 1.94 bits per heavy atom. The number of aromatic nitrogens is 3. The van der Waals surface area contributed by atoms with Gasteiger partial charge in [0.2, 0.25) is 0 Å². The molecule has 0 saturated heterocycles. The molecule has 2 aromatic heterocycles. The summed E-state index contributed by atoms with van der Waals surface area (Å²) >= 11 is 0. The second kappa shape index (κ2) is 4.35. The van der Waals surface area contributed by atoms with Gasteiger partial charge in [-0.15, -0.1) is 0 Å². The minimum Gasteiger partial charge on any atom is -0.327 e. The van der Waals surface area contributed by atoms with Gasteiger partial charge in [-0.1, -0.05) is 13.8 Å². The third-order valence-electron chi connectivity index (χ3n) is 3.72. The van der Waals surface area contributed by atoms with Crippen molar-refractivity contribution in [3.8, 4) is 0 Å². The first-order chi connectivity index (χ1) is 8.35. The molecule has 2 N–H and O–H groups in total. The quantitative estimate of drug-likeness (QED) is 0.905. The summed E-state index contributed by atoms with van der Waals surface area (Å²) in [4.78, 5) is 8.89. The zero-order valence-corrected chi connectivity index (χ0v) is 11.8. The topological polar surface area (TPSA) is 56.7 Å². The molecule has 4 heteroatoms. The molecular weight excluding hydrogens is 224 g/mol. The Hall–Kier alpha value is -1.42. The van der Waals surface area contributed by atoms with Gasteiger partial charge in [0.05, 0.1) is 11.7 Å². The van der Waals surface area contributed by atoms with Crippen LogP contribution in [0.5, 0.6) is 0 Å². The summed E-state index contributed by atoms with van der Waals surface area (Å²) in [5.74, 6) is 1.04. The van der Waals surface area contributed by atoms with Gasteiger partial charge in [-0.3, -0.25) is 4.98 Å². The molecule has 0 aliphatic carbocycles. The van der Waals surface area contributed by atoms with E-state index in [0.29, 0.717) is 6.04 Å². The largest absolute Gasteiger partial charge is 0.327 e. The number of nitrogens with zero attached hydrogens (tertiary/aromatic N) is 3. The fourth-order valence-electron chi connectivity index (χ4n) is 2.13. The van der Waals surface area contributed by atoms with E-state index < -0.39 is 0 Å². The molecule has 1 atom stereocenters. The Morgan fingerprint density at radius 3 is 2.50 bits per heavy atom. The van der Waals surface area contributed by atoms with Gasteiger partial charge < -0.3 is 10.3 Å². The number of nitrogens with two attached hydrogens (primary N) is 1. The highest BCUT2D eigenvalue weighted by atomic mass is 15.1. The molecule has 2 aromatic rings. The fourth-order valence-corrected chi connectivity index (χ4v) is 2.13. The molecule has 0 radical (unpaired) electrons. The molecule has 0 saturated carbocycles. The number of pyridine rings is 1. The molecule has 0 aliphatic heterocycles. The van der Waals surface area contributed by atoms with Gasteiger partial charge >= 0.3 is 0 Å². The van der Waals surface area contributed by atoms with Crippen LogP contribution in [0, 0.1) is 0 Å². The lowest BCUT2D eigenvalue weighted by Crippen LogP contribution is -2.40. The Morgan fingerprint density at radius 1 is 1.28 bits per heavy atom. The van der Waals surface area contributed by atoms with Gasteiger partial charge in [0, 0.05) is 23.7 Å². The van der Waals surface area contributed by atoms with E-state index in [9.17, 15) is 0 Å². The number of hydrogen-bond donors (Lipinski definition) is 1. The molecule has 0 amide bonds. The zero-order chi connectivity index (χ0) is 13.5. The molecular formula is C14H22N4. The van der Waals surface area contributed by atoms with E-state index in [-0.39, 0.29) is 11.5 Å². The summed E-state index contributed by atoms with van der Waals surface area (Å²) in [5.41, 5.74) is 8.03. The fraction of sp³-hybridized carbons (Fsp3) is 0.571. The number of rotatable bonds is 3. The SMILES string of the molecule is CC(C)n1c(C(C)(C)C(C)N)nc2cnccc21. The van der Waals surface area contributed by atoms with Crippen molar-refractivity contribution in [2.75, 3.05) is 0 Å². The number of fused-ring (bicyclic) bond motifs is 1. The van der Waals surface area contributed by atoms with Crippen LogP contribution < -0.4 is 5.73 Å². The average Bonchev–Trinajstić information content (AvgIpc) is 2.68. The summed E-state index contributed by atoms with van der Waals surface area (Å²) in [6.07, 6.45) is 3.63. The van der Waals surface area contributed by atoms with E-state index in [1.165, 1.54) is 0 Å². The van der Waals surface area contributed by atoms with Crippen LogP contribution in [0.3, 0.4) is 0 Å². The van der Waals surface area contributed by atoms with Crippen molar-refractivity contribution >= 4 is 11.0 Å². The lowest BCUT2D eigenvalue weighted by molar-refractivity contribution is 0.383. The highest BCUT2D eigenvalue weighted by molar-refractivity contribution is 5.75. The van der Waals surface area contributed by atoms with Crippen LogP contribution in [0.2, 0.25) is 0 Å². The Balaban J connectivity index is 2.74. The van der Waals surface area contributed by atoms with Crippen molar-refractivity contribution in [3.05, 3.63) is 24.3 Å². The van der Waals surface area contributed by atoms with E-state index in [1.807, 2.05) is 25.4 Å². The molecule has 98 valence electrons. The van der Waals surface area contributed by atoms with Crippen molar-refractivity contribution in [2.24, 2.45) is 5.73 Å². The predicted octanol–water partition coefficient (Wildman–Crippen LogP) is 2.64. The standard InChI is InChI=1S/C14H22N4/c1-9(2)18-12-6-7-16-8-11(12)17-13(18)14(4,5)10(3)15/h6-10H,15H2,1-5H3. The monoisotopic (exact) mass is 246 g/mol. The van der Waals surface area contributed by atoms with Crippen LogP contribution in [0.1, 0.15) is 46.5 Å². The van der Waals surface area contributed by atoms with Crippen LogP contribution >= 0.6 is 0 Å². The lowest BCUT2D eigenvalue weighted by atomic mass is 9.85. The maximum absolute atomic E-state index is 6.12.